The number of hydrogen-bond acceptors (Lipinski definition) is 3. The summed E-state index contributed by atoms with van der Waals surface area (Å²) in [6.07, 6.45) is 1.56. The second-order valence-electron chi connectivity index (χ2n) is 7.87. The van der Waals surface area contributed by atoms with Crippen molar-refractivity contribution in [3.63, 3.8) is 0 Å². The number of fused-ring (bicyclic) bond motifs is 1. The molecule has 1 saturated heterocycles. The summed E-state index contributed by atoms with van der Waals surface area (Å²) in [5.74, 6) is 2.57. The highest BCUT2D eigenvalue weighted by atomic mass is 16.5. The van der Waals surface area contributed by atoms with Crippen LogP contribution < -0.4 is 9.64 Å². The first-order valence-corrected chi connectivity index (χ1v) is 9.97. The average molecular weight is 377 g/mol. The third-order valence-electron chi connectivity index (χ3n) is 5.48. The van der Waals surface area contributed by atoms with E-state index in [2.05, 4.69) is 36.6 Å². The van der Waals surface area contributed by atoms with Crippen molar-refractivity contribution < 1.29 is 9.53 Å². The van der Waals surface area contributed by atoms with E-state index in [1.165, 1.54) is 0 Å². The van der Waals surface area contributed by atoms with Crippen LogP contribution in [-0.2, 0) is 11.3 Å². The Kier molecular flexibility index (Phi) is 5.07. The molecule has 4 rings (SSSR count). The minimum atomic E-state index is 0.0805. The lowest BCUT2D eigenvalue weighted by Crippen LogP contribution is -2.25. The fourth-order valence-corrected chi connectivity index (χ4v) is 3.99. The molecule has 1 aliphatic heterocycles. The minimum Gasteiger partial charge on any atom is -0.495 e. The number of benzene rings is 2. The molecule has 28 heavy (non-hydrogen) atoms. The van der Waals surface area contributed by atoms with Gasteiger partial charge < -0.3 is 14.2 Å². The highest BCUT2D eigenvalue weighted by Crippen LogP contribution is 2.37. The zero-order valence-electron chi connectivity index (χ0n) is 16.8. The fraction of sp³-hybridized carbons (Fsp3) is 0.391. The van der Waals surface area contributed by atoms with Crippen LogP contribution in [0.5, 0.6) is 5.75 Å². The van der Waals surface area contributed by atoms with Gasteiger partial charge in [0.1, 0.15) is 11.6 Å². The van der Waals surface area contributed by atoms with Crippen molar-refractivity contribution in [1.82, 2.24) is 9.55 Å². The van der Waals surface area contributed by atoms with Crippen molar-refractivity contribution >= 4 is 22.6 Å². The molecule has 0 spiro atoms. The molecule has 1 fully saturated rings. The molecule has 1 unspecified atom stereocenters. The maximum atomic E-state index is 12.9. The lowest BCUT2D eigenvalue weighted by atomic mass is 10.1. The Bertz CT molecular complexity index is 992. The molecule has 0 radical (unpaired) electrons. The number of methoxy groups -OCH3 is 1. The average Bonchev–Trinajstić information content (AvgIpc) is 3.26. The minimum absolute atomic E-state index is 0.0805. The number of aryl methyl sites for hydroxylation is 1. The summed E-state index contributed by atoms with van der Waals surface area (Å²) in [5, 5.41) is 0. The van der Waals surface area contributed by atoms with Crippen molar-refractivity contribution in [2.45, 2.75) is 39.2 Å². The van der Waals surface area contributed by atoms with E-state index in [-0.39, 0.29) is 11.8 Å². The Labute approximate surface area is 165 Å². The zero-order chi connectivity index (χ0) is 19.7. The predicted molar refractivity (Wildman–Crippen MR) is 112 cm³/mol. The number of para-hydroxylation sites is 4. The van der Waals surface area contributed by atoms with Crippen LogP contribution in [0.4, 0.5) is 5.69 Å². The molecule has 5 heteroatoms. The number of carbonyl (C=O) groups excluding carboxylic acids is 1. The molecule has 5 nitrogen and oxygen atoms in total. The highest BCUT2D eigenvalue weighted by molar-refractivity contribution is 5.97. The monoisotopic (exact) mass is 377 g/mol. The Morgan fingerprint density at radius 2 is 1.89 bits per heavy atom. The van der Waals surface area contributed by atoms with Gasteiger partial charge in [0.25, 0.3) is 0 Å². The maximum absolute atomic E-state index is 12.9. The molecule has 2 heterocycles. The van der Waals surface area contributed by atoms with Gasteiger partial charge in [-0.1, -0.05) is 38.1 Å². The van der Waals surface area contributed by atoms with E-state index in [0.29, 0.717) is 18.9 Å². The van der Waals surface area contributed by atoms with Crippen LogP contribution in [0, 0.1) is 5.92 Å². The third kappa shape index (κ3) is 3.37. The maximum Gasteiger partial charge on any atom is 0.227 e. The molecular formula is C23H27N3O2. The van der Waals surface area contributed by atoms with Gasteiger partial charge in [0.05, 0.1) is 23.8 Å². The molecule has 1 aromatic heterocycles. The number of nitrogens with zero attached hydrogens (tertiary/aromatic N) is 3. The van der Waals surface area contributed by atoms with Crippen LogP contribution in [0.2, 0.25) is 0 Å². The van der Waals surface area contributed by atoms with Crippen molar-refractivity contribution in [1.29, 1.82) is 0 Å². The third-order valence-corrected chi connectivity index (χ3v) is 5.48. The Morgan fingerprint density at radius 1 is 1.14 bits per heavy atom. The lowest BCUT2D eigenvalue weighted by Gasteiger charge is -2.20. The first-order chi connectivity index (χ1) is 13.6. The SMILES string of the molecule is COc1ccccc1N1CC(c2nc3ccccc3n2CCC(C)C)CC1=O. The van der Waals surface area contributed by atoms with E-state index < -0.39 is 0 Å². The van der Waals surface area contributed by atoms with Gasteiger partial charge in [-0.05, 0) is 36.6 Å². The van der Waals surface area contributed by atoms with Crippen LogP contribution in [0.3, 0.4) is 0 Å². The van der Waals surface area contributed by atoms with Gasteiger partial charge in [-0.2, -0.15) is 0 Å². The standard InChI is InChI=1S/C23H27N3O2/c1-16(2)12-13-25-19-9-5-4-8-18(19)24-23(25)17-14-22(27)26(15-17)20-10-6-7-11-21(20)28-3/h4-11,16-17H,12-15H2,1-3H3. The van der Waals surface area contributed by atoms with E-state index in [4.69, 9.17) is 9.72 Å². The quantitative estimate of drug-likeness (QED) is 0.630. The van der Waals surface area contributed by atoms with Crippen LogP contribution in [0.1, 0.15) is 38.4 Å². The van der Waals surface area contributed by atoms with Crippen molar-refractivity contribution in [2.75, 3.05) is 18.6 Å². The number of hydrogen-bond donors (Lipinski definition) is 0. The molecular weight excluding hydrogens is 350 g/mol. The second kappa shape index (κ2) is 7.66. The normalized spacial score (nSPS) is 17.1. The predicted octanol–water partition coefficient (Wildman–Crippen LogP) is 4.61. The number of aromatic nitrogens is 2. The molecule has 2 aromatic carbocycles. The molecule has 0 aliphatic carbocycles. The van der Waals surface area contributed by atoms with E-state index in [1.54, 1.807) is 7.11 Å². The van der Waals surface area contributed by atoms with Gasteiger partial charge in [0, 0.05) is 25.4 Å². The Hall–Kier alpha value is -2.82. The highest BCUT2D eigenvalue weighted by Gasteiger charge is 2.35. The second-order valence-corrected chi connectivity index (χ2v) is 7.87. The van der Waals surface area contributed by atoms with Crippen LogP contribution in [-0.4, -0.2) is 29.1 Å². The van der Waals surface area contributed by atoms with E-state index in [9.17, 15) is 4.79 Å². The van der Waals surface area contributed by atoms with Gasteiger partial charge in [0.15, 0.2) is 0 Å². The molecule has 0 saturated carbocycles. The summed E-state index contributed by atoms with van der Waals surface area (Å²) in [6.45, 7) is 6.03. The summed E-state index contributed by atoms with van der Waals surface area (Å²) in [6, 6.07) is 16.0. The number of ether oxygens (including phenoxy) is 1. The smallest absolute Gasteiger partial charge is 0.227 e. The summed E-state index contributed by atoms with van der Waals surface area (Å²) in [4.78, 5) is 19.6. The fourth-order valence-electron chi connectivity index (χ4n) is 3.99. The molecule has 1 amide bonds. The number of anilines is 1. The lowest BCUT2D eigenvalue weighted by molar-refractivity contribution is -0.117. The van der Waals surface area contributed by atoms with Gasteiger partial charge in [-0.25, -0.2) is 4.98 Å². The van der Waals surface area contributed by atoms with Gasteiger partial charge in [0.2, 0.25) is 5.91 Å². The molecule has 146 valence electrons. The molecule has 1 aliphatic rings. The number of carbonyl (C=O) groups is 1. The van der Waals surface area contributed by atoms with Gasteiger partial charge in [-0.15, -0.1) is 0 Å². The van der Waals surface area contributed by atoms with Crippen LogP contribution >= 0.6 is 0 Å². The van der Waals surface area contributed by atoms with Crippen LogP contribution in [0.15, 0.2) is 48.5 Å². The summed E-state index contributed by atoms with van der Waals surface area (Å²) in [7, 11) is 1.64. The zero-order valence-corrected chi connectivity index (χ0v) is 16.8. The Morgan fingerprint density at radius 3 is 2.68 bits per heavy atom. The van der Waals surface area contributed by atoms with Gasteiger partial charge >= 0.3 is 0 Å². The van der Waals surface area contributed by atoms with Gasteiger partial charge in [-0.3, -0.25) is 4.79 Å². The first-order valence-electron chi connectivity index (χ1n) is 9.97. The number of imidazole rings is 1. The molecule has 0 bridgehead atoms. The topological polar surface area (TPSA) is 47.4 Å². The summed E-state index contributed by atoms with van der Waals surface area (Å²) >= 11 is 0. The molecule has 1 atom stereocenters. The summed E-state index contributed by atoms with van der Waals surface area (Å²) < 4.78 is 7.79. The largest absolute Gasteiger partial charge is 0.495 e. The van der Waals surface area contributed by atoms with Crippen LogP contribution in [0.25, 0.3) is 11.0 Å². The molecule has 0 N–H and O–H groups in total. The number of amides is 1. The van der Waals surface area contributed by atoms with E-state index in [1.807, 2.05) is 35.2 Å². The Balaban J connectivity index is 1.69. The van der Waals surface area contributed by atoms with E-state index >= 15 is 0 Å². The number of rotatable bonds is 6. The van der Waals surface area contributed by atoms with Crippen molar-refractivity contribution in [3.05, 3.63) is 54.4 Å². The van der Waals surface area contributed by atoms with Crippen molar-refractivity contribution in [3.8, 4) is 5.75 Å². The first kappa shape index (κ1) is 18.5. The van der Waals surface area contributed by atoms with Crippen molar-refractivity contribution in [2.24, 2.45) is 5.92 Å². The summed E-state index contributed by atoms with van der Waals surface area (Å²) in [5.41, 5.74) is 2.99. The molecule has 3 aromatic rings. The van der Waals surface area contributed by atoms with E-state index in [0.717, 1.165) is 41.3 Å².